The summed E-state index contributed by atoms with van der Waals surface area (Å²) in [5, 5.41) is 1.01. The van der Waals surface area contributed by atoms with Crippen molar-refractivity contribution in [2.75, 3.05) is 25.2 Å². The molecule has 0 spiro atoms. The van der Waals surface area contributed by atoms with E-state index < -0.39 is 0 Å². The summed E-state index contributed by atoms with van der Waals surface area (Å²) in [6.45, 7) is 4.94. The first-order valence-electron chi connectivity index (χ1n) is 8.76. The van der Waals surface area contributed by atoms with Crippen molar-refractivity contribution in [2.24, 2.45) is 0 Å². The number of benzene rings is 2. The Hall–Kier alpha value is -2.31. The lowest BCUT2D eigenvalue weighted by atomic mass is 10.1. The number of nitrogens with zero attached hydrogens (tertiary/aromatic N) is 2. The molecule has 0 saturated carbocycles. The number of carbonyl (C=O) groups excluding carboxylic acids is 1. The predicted molar refractivity (Wildman–Crippen MR) is 111 cm³/mol. The van der Waals surface area contributed by atoms with E-state index in [-0.39, 0.29) is 5.91 Å². The summed E-state index contributed by atoms with van der Waals surface area (Å²) in [6, 6.07) is 11.1. The molecule has 0 radical (unpaired) electrons. The Morgan fingerprint density at radius 3 is 2.70 bits per heavy atom. The van der Waals surface area contributed by atoms with Gasteiger partial charge in [0.25, 0.3) is 5.91 Å². The molecule has 5 nitrogen and oxygen atoms in total. The average molecular weight is 405 g/mol. The fourth-order valence-corrected chi connectivity index (χ4v) is 3.98. The van der Waals surface area contributed by atoms with E-state index in [1.54, 1.807) is 17.0 Å². The second-order valence-electron chi connectivity index (χ2n) is 5.85. The highest BCUT2D eigenvalue weighted by atomic mass is 35.5. The third-order valence-electron chi connectivity index (χ3n) is 4.00. The molecule has 142 valence electrons. The molecule has 1 aromatic heterocycles. The van der Waals surface area contributed by atoms with Crippen LogP contribution in [0.1, 0.15) is 30.6 Å². The second kappa shape index (κ2) is 8.59. The van der Waals surface area contributed by atoms with Crippen LogP contribution in [0.4, 0.5) is 5.13 Å². The lowest BCUT2D eigenvalue weighted by Gasteiger charge is -2.19. The highest BCUT2D eigenvalue weighted by Gasteiger charge is 2.23. The van der Waals surface area contributed by atoms with E-state index in [0.717, 1.165) is 16.6 Å². The number of methoxy groups -OCH3 is 1. The predicted octanol–water partition coefficient (Wildman–Crippen LogP) is 5.41. The molecular weight excluding hydrogens is 384 g/mol. The number of hydrogen-bond acceptors (Lipinski definition) is 5. The summed E-state index contributed by atoms with van der Waals surface area (Å²) in [5.74, 6) is 0.721. The highest BCUT2D eigenvalue weighted by Crippen LogP contribution is 2.37. The average Bonchev–Trinajstić information content (AvgIpc) is 3.10. The summed E-state index contributed by atoms with van der Waals surface area (Å²) >= 11 is 7.85. The van der Waals surface area contributed by atoms with Crippen molar-refractivity contribution in [3.8, 4) is 11.5 Å². The normalized spacial score (nSPS) is 10.8. The molecule has 1 heterocycles. The lowest BCUT2D eigenvalue weighted by Crippen LogP contribution is -2.30. The monoisotopic (exact) mass is 404 g/mol. The van der Waals surface area contributed by atoms with Gasteiger partial charge in [-0.2, -0.15) is 0 Å². The molecule has 1 amide bonds. The van der Waals surface area contributed by atoms with Crippen LogP contribution >= 0.6 is 22.9 Å². The van der Waals surface area contributed by atoms with Gasteiger partial charge in [-0.05, 0) is 37.6 Å². The Balaban J connectivity index is 1.96. The standard InChI is InChI=1S/C20H21ClN2O3S/c1-4-10-26-18-14(21)11-13(12-16(18)25-3)19(24)23(5-2)20-22-15-8-6-7-9-17(15)27-20/h6-9,11-12H,4-5,10H2,1-3H3. The van der Waals surface area contributed by atoms with Gasteiger partial charge < -0.3 is 9.47 Å². The Kier molecular flexibility index (Phi) is 6.19. The smallest absolute Gasteiger partial charge is 0.260 e. The first kappa shape index (κ1) is 19.5. The maximum Gasteiger partial charge on any atom is 0.260 e. The molecule has 0 aliphatic heterocycles. The van der Waals surface area contributed by atoms with Gasteiger partial charge in [-0.15, -0.1) is 0 Å². The molecule has 0 N–H and O–H groups in total. The van der Waals surface area contributed by atoms with Crippen LogP contribution in [0.15, 0.2) is 36.4 Å². The number of thiazole rings is 1. The molecule has 0 saturated heterocycles. The van der Waals surface area contributed by atoms with Crippen molar-refractivity contribution in [3.05, 3.63) is 47.0 Å². The van der Waals surface area contributed by atoms with Gasteiger partial charge >= 0.3 is 0 Å². The molecule has 27 heavy (non-hydrogen) atoms. The number of carbonyl (C=O) groups is 1. The van der Waals surface area contributed by atoms with Crippen LogP contribution in [0.2, 0.25) is 5.02 Å². The van der Waals surface area contributed by atoms with Crippen LogP contribution in [0.3, 0.4) is 0 Å². The zero-order valence-corrected chi connectivity index (χ0v) is 17.1. The van der Waals surface area contributed by atoms with E-state index in [9.17, 15) is 4.79 Å². The second-order valence-corrected chi connectivity index (χ2v) is 7.27. The number of fused-ring (bicyclic) bond motifs is 1. The van der Waals surface area contributed by atoms with E-state index in [1.807, 2.05) is 38.1 Å². The van der Waals surface area contributed by atoms with E-state index in [4.69, 9.17) is 21.1 Å². The van der Waals surface area contributed by atoms with Crippen molar-refractivity contribution in [1.29, 1.82) is 0 Å². The molecule has 0 bridgehead atoms. The molecular formula is C20H21ClN2O3S. The molecule has 2 aromatic carbocycles. The minimum Gasteiger partial charge on any atom is -0.493 e. The third-order valence-corrected chi connectivity index (χ3v) is 5.34. The number of anilines is 1. The molecule has 0 aliphatic rings. The van der Waals surface area contributed by atoms with Crippen molar-refractivity contribution in [2.45, 2.75) is 20.3 Å². The SMILES string of the molecule is CCCOc1c(Cl)cc(C(=O)N(CC)c2nc3ccccc3s2)cc1OC. The van der Waals surface area contributed by atoms with E-state index in [2.05, 4.69) is 4.98 Å². The zero-order chi connectivity index (χ0) is 19.4. The number of halogens is 1. The molecule has 0 aliphatic carbocycles. The first-order valence-corrected chi connectivity index (χ1v) is 9.96. The van der Waals surface area contributed by atoms with Gasteiger partial charge in [0.05, 0.1) is 29.0 Å². The van der Waals surface area contributed by atoms with Gasteiger partial charge in [0.1, 0.15) is 0 Å². The van der Waals surface area contributed by atoms with Gasteiger partial charge in [0.15, 0.2) is 16.6 Å². The van der Waals surface area contributed by atoms with Gasteiger partial charge in [0.2, 0.25) is 0 Å². The van der Waals surface area contributed by atoms with Crippen LogP contribution in [0.5, 0.6) is 11.5 Å². The Morgan fingerprint density at radius 2 is 2.04 bits per heavy atom. The van der Waals surface area contributed by atoms with Crippen molar-refractivity contribution >= 4 is 44.2 Å². The fraction of sp³-hybridized carbons (Fsp3) is 0.300. The number of aromatic nitrogens is 1. The number of para-hydroxylation sites is 1. The van der Waals surface area contributed by atoms with Gasteiger partial charge in [0, 0.05) is 12.1 Å². The Bertz CT molecular complexity index is 925. The summed E-state index contributed by atoms with van der Waals surface area (Å²) in [4.78, 5) is 19.4. The van der Waals surface area contributed by atoms with Crippen molar-refractivity contribution in [3.63, 3.8) is 0 Å². The van der Waals surface area contributed by atoms with Crippen LogP contribution in [0, 0.1) is 0 Å². The molecule has 3 rings (SSSR count). The topological polar surface area (TPSA) is 51.7 Å². The van der Waals surface area contributed by atoms with Crippen molar-refractivity contribution < 1.29 is 14.3 Å². The molecule has 0 fully saturated rings. The zero-order valence-electron chi connectivity index (χ0n) is 15.5. The van der Waals surface area contributed by atoms with E-state index >= 15 is 0 Å². The maximum absolute atomic E-state index is 13.1. The van der Waals surface area contributed by atoms with Gasteiger partial charge in [-0.25, -0.2) is 4.98 Å². The molecule has 3 aromatic rings. The van der Waals surface area contributed by atoms with Crippen LogP contribution in [-0.4, -0.2) is 31.2 Å². The Labute approximate surface area is 167 Å². The first-order chi connectivity index (χ1) is 13.1. The number of rotatable bonds is 7. The maximum atomic E-state index is 13.1. The van der Waals surface area contributed by atoms with Gasteiger partial charge in [-0.1, -0.05) is 42.0 Å². The quantitative estimate of drug-likeness (QED) is 0.528. The minimum atomic E-state index is -0.182. The van der Waals surface area contributed by atoms with Crippen molar-refractivity contribution in [1.82, 2.24) is 4.98 Å². The third kappa shape index (κ3) is 4.01. The van der Waals surface area contributed by atoms with E-state index in [0.29, 0.717) is 40.4 Å². The Morgan fingerprint density at radius 1 is 1.26 bits per heavy atom. The number of hydrogen-bond donors (Lipinski definition) is 0. The van der Waals surface area contributed by atoms with E-state index in [1.165, 1.54) is 18.4 Å². The molecule has 0 atom stereocenters. The lowest BCUT2D eigenvalue weighted by molar-refractivity contribution is 0.0988. The highest BCUT2D eigenvalue weighted by molar-refractivity contribution is 7.22. The summed E-state index contributed by atoms with van der Waals surface area (Å²) in [7, 11) is 1.53. The molecule has 7 heteroatoms. The number of ether oxygens (including phenoxy) is 2. The molecule has 0 unspecified atom stereocenters. The largest absolute Gasteiger partial charge is 0.493 e. The summed E-state index contributed by atoms with van der Waals surface area (Å²) in [5.41, 5.74) is 1.31. The summed E-state index contributed by atoms with van der Waals surface area (Å²) in [6.07, 6.45) is 0.849. The van der Waals surface area contributed by atoms with Crippen LogP contribution in [-0.2, 0) is 0 Å². The number of amides is 1. The summed E-state index contributed by atoms with van der Waals surface area (Å²) < 4.78 is 12.1. The van der Waals surface area contributed by atoms with Crippen LogP contribution < -0.4 is 14.4 Å². The van der Waals surface area contributed by atoms with Crippen LogP contribution in [0.25, 0.3) is 10.2 Å². The van der Waals surface area contributed by atoms with Gasteiger partial charge in [-0.3, -0.25) is 9.69 Å². The fourth-order valence-electron chi connectivity index (χ4n) is 2.68. The minimum absolute atomic E-state index is 0.182.